The normalized spacial score (nSPS) is 24.3. The van der Waals surface area contributed by atoms with E-state index < -0.39 is 5.60 Å². The zero-order valence-corrected chi connectivity index (χ0v) is 14.9. The summed E-state index contributed by atoms with van der Waals surface area (Å²) in [7, 11) is 1.93. The molecule has 1 aliphatic heterocycles. The van der Waals surface area contributed by atoms with Gasteiger partial charge >= 0.3 is 0 Å². The molecule has 2 aromatic heterocycles. The molecule has 26 heavy (non-hydrogen) atoms. The number of hydrogen-bond acceptors (Lipinski definition) is 6. The lowest BCUT2D eigenvalue weighted by atomic mass is 9.77. The van der Waals surface area contributed by atoms with Crippen LogP contribution >= 0.6 is 0 Å². The van der Waals surface area contributed by atoms with Crippen molar-refractivity contribution >= 4 is 11.9 Å². The van der Waals surface area contributed by atoms with E-state index in [1.165, 1.54) is 0 Å². The topological polar surface area (TPSA) is 96.2 Å². The van der Waals surface area contributed by atoms with Gasteiger partial charge in [-0.3, -0.25) is 4.79 Å². The molecule has 0 radical (unpaired) electrons. The number of anilines is 1. The summed E-state index contributed by atoms with van der Waals surface area (Å²) in [5.41, 5.74) is 0.143. The van der Waals surface area contributed by atoms with E-state index >= 15 is 0 Å². The van der Waals surface area contributed by atoms with Crippen LogP contribution in [0.2, 0.25) is 0 Å². The molecule has 2 N–H and O–H groups in total. The Morgan fingerprint density at radius 2 is 2.08 bits per heavy atom. The Labute approximate surface area is 152 Å². The highest BCUT2D eigenvalue weighted by atomic mass is 16.3. The highest BCUT2D eigenvalue weighted by Gasteiger charge is 2.42. The molecule has 0 spiro atoms. The number of rotatable bonds is 5. The minimum atomic E-state index is -0.800. The number of nitrogens with zero attached hydrogens (tertiary/aromatic N) is 5. The average Bonchev–Trinajstić information content (AvgIpc) is 3.20. The van der Waals surface area contributed by atoms with Gasteiger partial charge in [-0.1, -0.05) is 0 Å². The number of amides is 1. The lowest BCUT2D eigenvalue weighted by molar-refractivity contribution is -0.139. The van der Waals surface area contributed by atoms with Crippen LogP contribution in [0.1, 0.15) is 37.3 Å². The Hall–Kier alpha value is -2.48. The maximum absolute atomic E-state index is 12.7. The molecule has 8 heteroatoms. The van der Waals surface area contributed by atoms with Crippen LogP contribution in [0.3, 0.4) is 0 Å². The van der Waals surface area contributed by atoms with Crippen LogP contribution in [0, 0.1) is 0 Å². The summed E-state index contributed by atoms with van der Waals surface area (Å²) in [5, 5.41) is 13.7. The van der Waals surface area contributed by atoms with Gasteiger partial charge in [0, 0.05) is 44.6 Å². The molecule has 4 rings (SSSR count). The molecule has 0 unspecified atom stereocenters. The van der Waals surface area contributed by atoms with E-state index in [4.69, 9.17) is 0 Å². The van der Waals surface area contributed by atoms with Gasteiger partial charge < -0.3 is 19.9 Å². The second kappa shape index (κ2) is 6.68. The zero-order valence-electron chi connectivity index (χ0n) is 14.9. The van der Waals surface area contributed by atoms with Crippen LogP contribution in [-0.4, -0.2) is 60.2 Å². The number of likely N-dealkylation sites (tertiary alicyclic amines) is 1. The van der Waals surface area contributed by atoms with E-state index in [9.17, 15) is 9.90 Å². The lowest BCUT2D eigenvalue weighted by Gasteiger charge is -2.37. The maximum atomic E-state index is 12.7. The number of aliphatic hydroxyl groups is 1. The van der Waals surface area contributed by atoms with Gasteiger partial charge in [-0.15, -0.1) is 0 Å². The van der Waals surface area contributed by atoms with Gasteiger partial charge in [0.1, 0.15) is 0 Å². The number of carbonyl (C=O) groups is 1. The van der Waals surface area contributed by atoms with Crippen molar-refractivity contribution in [2.45, 2.75) is 43.2 Å². The van der Waals surface area contributed by atoms with Crippen molar-refractivity contribution in [3.05, 3.63) is 36.7 Å². The molecule has 0 aromatic carbocycles. The zero-order chi connectivity index (χ0) is 18.1. The summed E-state index contributed by atoms with van der Waals surface area (Å²) in [6.45, 7) is 1.13. The molecular weight excluding hydrogens is 332 g/mol. The molecule has 1 aliphatic carbocycles. The predicted molar refractivity (Wildman–Crippen MR) is 95.4 cm³/mol. The molecule has 2 aromatic rings. The van der Waals surface area contributed by atoms with Crippen LogP contribution in [0.5, 0.6) is 0 Å². The molecule has 1 amide bonds. The molecule has 138 valence electrons. The van der Waals surface area contributed by atoms with Gasteiger partial charge in [0.2, 0.25) is 11.9 Å². The summed E-state index contributed by atoms with van der Waals surface area (Å²) in [6, 6.07) is 1.75. The fraction of sp³-hybridized carbons (Fsp3) is 0.556. The lowest BCUT2D eigenvalue weighted by Crippen LogP contribution is -2.43. The number of imidazole rings is 1. The summed E-state index contributed by atoms with van der Waals surface area (Å²) < 4.78 is 1.91. The van der Waals surface area contributed by atoms with E-state index in [1.54, 1.807) is 24.8 Å². The summed E-state index contributed by atoms with van der Waals surface area (Å²) in [4.78, 5) is 27.5. The average molecular weight is 356 g/mol. The standard InChI is InChI=1S/C18H24N6O2/c1-23-10-14(21-12-23)13-9-24(16(25)8-18(26)4-2-5-18)11-15(13)22-17-19-6-3-7-20-17/h3,6-7,10,12-13,15,26H,2,4-5,8-9,11H2,1H3,(H,19,20,22)/t13-,15+/m0/s1. The third-order valence-electron chi connectivity index (χ3n) is 5.42. The molecule has 0 bridgehead atoms. The van der Waals surface area contributed by atoms with Crippen molar-refractivity contribution in [2.24, 2.45) is 7.05 Å². The maximum Gasteiger partial charge on any atom is 0.225 e. The number of nitrogens with one attached hydrogen (secondary N) is 1. The van der Waals surface area contributed by atoms with E-state index in [1.807, 2.05) is 22.7 Å². The van der Waals surface area contributed by atoms with E-state index in [0.29, 0.717) is 19.0 Å². The monoisotopic (exact) mass is 356 g/mol. The predicted octanol–water partition coefficient (Wildman–Crippen LogP) is 0.922. The van der Waals surface area contributed by atoms with Crippen molar-refractivity contribution in [2.75, 3.05) is 18.4 Å². The highest BCUT2D eigenvalue weighted by molar-refractivity contribution is 5.78. The second-order valence-corrected chi connectivity index (χ2v) is 7.45. The van der Waals surface area contributed by atoms with Crippen molar-refractivity contribution in [3.8, 4) is 0 Å². The molecule has 2 atom stereocenters. The first-order valence-corrected chi connectivity index (χ1v) is 9.04. The molecule has 1 saturated heterocycles. The summed E-state index contributed by atoms with van der Waals surface area (Å²) in [5.74, 6) is 0.608. The highest BCUT2D eigenvalue weighted by Crippen LogP contribution is 2.36. The largest absolute Gasteiger partial charge is 0.389 e. The quantitative estimate of drug-likeness (QED) is 0.827. The first-order valence-electron chi connectivity index (χ1n) is 9.04. The molecule has 3 heterocycles. The number of carbonyl (C=O) groups excluding carboxylic acids is 1. The van der Waals surface area contributed by atoms with E-state index in [2.05, 4.69) is 20.3 Å². The SMILES string of the molecule is Cn1cnc([C@@H]2CN(C(=O)CC3(O)CCC3)C[C@H]2Nc2ncccn2)c1. The van der Waals surface area contributed by atoms with E-state index in [0.717, 1.165) is 25.0 Å². The number of aryl methyl sites for hydroxylation is 1. The first-order chi connectivity index (χ1) is 12.5. The molecule has 2 fully saturated rings. The summed E-state index contributed by atoms with van der Waals surface area (Å²) >= 11 is 0. The van der Waals surface area contributed by atoms with Crippen LogP contribution in [-0.2, 0) is 11.8 Å². The van der Waals surface area contributed by atoms with Crippen LogP contribution < -0.4 is 5.32 Å². The molecule has 1 saturated carbocycles. The fourth-order valence-corrected chi connectivity index (χ4v) is 3.77. The van der Waals surface area contributed by atoms with E-state index in [-0.39, 0.29) is 24.3 Å². The smallest absolute Gasteiger partial charge is 0.225 e. The molecule has 8 nitrogen and oxygen atoms in total. The van der Waals surface area contributed by atoms with Gasteiger partial charge in [-0.05, 0) is 25.3 Å². The van der Waals surface area contributed by atoms with Crippen molar-refractivity contribution in [1.29, 1.82) is 0 Å². The Morgan fingerprint density at radius 3 is 2.69 bits per heavy atom. The van der Waals surface area contributed by atoms with Gasteiger partial charge in [0.05, 0.1) is 30.1 Å². The Balaban J connectivity index is 1.51. The van der Waals surface area contributed by atoms with Gasteiger partial charge in [0.25, 0.3) is 0 Å². The first kappa shape index (κ1) is 17.0. The van der Waals surface area contributed by atoms with Crippen LogP contribution in [0.15, 0.2) is 31.0 Å². The van der Waals surface area contributed by atoms with Gasteiger partial charge in [-0.2, -0.15) is 0 Å². The Kier molecular flexibility index (Phi) is 4.36. The third-order valence-corrected chi connectivity index (χ3v) is 5.42. The van der Waals surface area contributed by atoms with Gasteiger partial charge in [0.15, 0.2) is 0 Å². The van der Waals surface area contributed by atoms with Crippen LogP contribution in [0.25, 0.3) is 0 Å². The van der Waals surface area contributed by atoms with Crippen LogP contribution in [0.4, 0.5) is 5.95 Å². The minimum Gasteiger partial charge on any atom is -0.389 e. The second-order valence-electron chi connectivity index (χ2n) is 7.45. The molecular formula is C18H24N6O2. The fourth-order valence-electron chi connectivity index (χ4n) is 3.77. The Morgan fingerprint density at radius 1 is 1.31 bits per heavy atom. The van der Waals surface area contributed by atoms with Crippen molar-refractivity contribution in [1.82, 2.24) is 24.4 Å². The summed E-state index contributed by atoms with van der Waals surface area (Å²) in [6.07, 6.45) is 9.77. The van der Waals surface area contributed by atoms with Crippen molar-refractivity contribution in [3.63, 3.8) is 0 Å². The number of hydrogen-bond donors (Lipinski definition) is 2. The third kappa shape index (κ3) is 3.41. The number of aromatic nitrogens is 4. The molecule has 2 aliphatic rings. The Bertz CT molecular complexity index is 773. The van der Waals surface area contributed by atoms with Crippen molar-refractivity contribution < 1.29 is 9.90 Å². The minimum absolute atomic E-state index is 0.00594. The van der Waals surface area contributed by atoms with Gasteiger partial charge in [-0.25, -0.2) is 15.0 Å².